The number of amides is 2. The van der Waals surface area contributed by atoms with Crippen LogP contribution in [0.1, 0.15) is 45.7 Å². The first-order chi connectivity index (χ1) is 22.3. The van der Waals surface area contributed by atoms with E-state index in [0.29, 0.717) is 33.3 Å². The third kappa shape index (κ3) is 7.40. The van der Waals surface area contributed by atoms with E-state index in [9.17, 15) is 22.4 Å². The van der Waals surface area contributed by atoms with E-state index in [-0.39, 0.29) is 36.9 Å². The molecule has 0 aliphatic heterocycles. The predicted molar refractivity (Wildman–Crippen MR) is 179 cm³/mol. The fraction of sp³-hybridized carbons (Fsp3) is 0.229. The second-order valence-corrected chi connectivity index (χ2v) is 13.7. The molecule has 12 heteroatoms. The second-order valence-electron chi connectivity index (χ2n) is 11.8. The van der Waals surface area contributed by atoms with Gasteiger partial charge in [-0.15, -0.1) is 0 Å². The molecule has 0 spiro atoms. The van der Waals surface area contributed by atoms with Crippen molar-refractivity contribution in [3.8, 4) is 22.4 Å². The number of nitrogens with one attached hydrogen (secondary N) is 1. The molecule has 0 unspecified atom stereocenters. The maximum Gasteiger partial charge on any atom is 0.253 e. The summed E-state index contributed by atoms with van der Waals surface area (Å²) in [4.78, 5) is 26.4. The first-order valence-corrected chi connectivity index (χ1v) is 16.7. The molecule has 0 atom stereocenters. The van der Waals surface area contributed by atoms with Crippen LogP contribution in [-0.4, -0.2) is 60.7 Å². The number of halogens is 1. The van der Waals surface area contributed by atoms with Gasteiger partial charge in [-0.25, -0.2) is 17.3 Å². The molecule has 0 aliphatic carbocycles. The van der Waals surface area contributed by atoms with Crippen molar-refractivity contribution in [3.05, 3.63) is 119 Å². The highest BCUT2D eigenvalue weighted by molar-refractivity contribution is 7.88. The summed E-state index contributed by atoms with van der Waals surface area (Å²) in [5.41, 5.74) is 9.42. The number of pyridine rings is 1. The van der Waals surface area contributed by atoms with Crippen molar-refractivity contribution in [2.45, 2.75) is 25.9 Å². The molecule has 244 valence electrons. The number of nitrogens with zero attached hydrogens (tertiary/aromatic N) is 3. The van der Waals surface area contributed by atoms with E-state index in [1.54, 1.807) is 36.5 Å². The lowest BCUT2D eigenvalue weighted by Crippen LogP contribution is -2.40. The molecule has 5 aromatic rings. The summed E-state index contributed by atoms with van der Waals surface area (Å²) < 4.78 is 47.2. The van der Waals surface area contributed by atoms with Crippen molar-refractivity contribution in [1.29, 1.82) is 0 Å². The number of rotatable bonds is 12. The average molecular weight is 658 g/mol. The number of nitrogens with two attached hydrogens (primary N) is 1. The Hall–Kier alpha value is -4.91. The van der Waals surface area contributed by atoms with E-state index in [2.05, 4.69) is 10.4 Å². The average Bonchev–Trinajstić information content (AvgIpc) is 3.41. The van der Waals surface area contributed by atoms with Gasteiger partial charge in [-0.2, -0.15) is 9.40 Å². The smallest absolute Gasteiger partial charge is 0.253 e. The summed E-state index contributed by atoms with van der Waals surface area (Å²) in [5.74, 6) is -1.50. The van der Waals surface area contributed by atoms with E-state index in [4.69, 9.17) is 10.5 Å². The van der Waals surface area contributed by atoms with Gasteiger partial charge in [-0.3, -0.25) is 9.59 Å². The van der Waals surface area contributed by atoms with Crippen LogP contribution in [0.4, 0.5) is 4.39 Å². The number of aromatic nitrogens is 2. The maximum atomic E-state index is 13.7. The van der Waals surface area contributed by atoms with Crippen LogP contribution in [0.2, 0.25) is 0 Å². The molecule has 0 bridgehead atoms. The van der Waals surface area contributed by atoms with Crippen molar-refractivity contribution < 1.29 is 27.1 Å². The third-order valence-corrected chi connectivity index (χ3v) is 9.18. The van der Waals surface area contributed by atoms with Crippen LogP contribution in [0, 0.1) is 5.82 Å². The number of hydrogen-bond donors (Lipinski definition) is 2. The van der Waals surface area contributed by atoms with Crippen LogP contribution in [0.3, 0.4) is 0 Å². The molecule has 0 saturated heterocycles. The Labute approximate surface area is 273 Å². The molecule has 0 saturated carbocycles. The van der Waals surface area contributed by atoms with Crippen molar-refractivity contribution in [2.24, 2.45) is 5.73 Å². The quantitative estimate of drug-likeness (QED) is 0.194. The number of carbonyl (C=O) groups excluding carboxylic acids is 2. The molecule has 0 radical (unpaired) electrons. The summed E-state index contributed by atoms with van der Waals surface area (Å²) in [7, 11) is -2.18. The van der Waals surface area contributed by atoms with Gasteiger partial charge in [0.05, 0.1) is 29.5 Å². The Balaban J connectivity index is 1.66. The van der Waals surface area contributed by atoms with Gasteiger partial charge >= 0.3 is 0 Å². The summed E-state index contributed by atoms with van der Waals surface area (Å²) in [5, 5.41) is 7.71. The molecule has 2 heterocycles. The lowest BCUT2D eigenvalue weighted by Gasteiger charge is -2.27. The van der Waals surface area contributed by atoms with Gasteiger partial charge in [0.2, 0.25) is 10.0 Å². The van der Waals surface area contributed by atoms with Gasteiger partial charge in [-0.1, -0.05) is 42.5 Å². The van der Waals surface area contributed by atoms with Crippen LogP contribution in [-0.2, 0) is 26.8 Å². The number of fused-ring (bicyclic) bond motifs is 1. The molecule has 0 fully saturated rings. The number of primary amides is 1. The standard InChI is InChI=1S/C35H36FN5O5S/c1-35(2,27-11-6-5-7-12-27)38-34(43)25-10-8-9-24(19-25)29-20-30-31(33(37)42)32(23-13-15-28(36)16-14-23)39-41(30)22-26(29)21-40(17-18-46-3)47(4,44)45/h5-16,19-20,22H,17-18,21H2,1-4H3,(H2,37,42)(H,38,43). The number of methoxy groups -OCH3 is 1. The van der Waals surface area contributed by atoms with E-state index in [0.717, 1.165) is 11.8 Å². The van der Waals surface area contributed by atoms with Crippen LogP contribution in [0.5, 0.6) is 0 Å². The predicted octanol–water partition coefficient (Wildman–Crippen LogP) is 4.98. The van der Waals surface area contributed by atoms with Crippen molar-refractivity contribution in [2.75, 3.05) is 26.5 Å². The third-order valence-electron chi connectivity index (χ3n) is 7.93. The largest absolute Gasteiger partial charge is 0.383 e. The molecule has 0 aliphatic rings. The summed E-state index contributed by atoms with van der Waals surface area (Å²) in [6.45, 7) is 4.04. The minimum absolute atomic E-state index is 0.0530. The number of carbonyl (C=O) groups is 2. The highest BCUT2D eigenvalue weighted by Crippen LogP contribution is 2.33. The molecule has 3 N–H and O–H groups in total. The zero-order chi connectivity index (χ0) is 33.9. The van der Waals surface area contributed by atoms with Gasteiger partial charge in [-0.05, 0) is 78.6 Å². The van der Waals surface area contributed by atoms with E-state index in [1.165, 1.54) is 40.2 Å². The fourth-order valence-corrected chi connectivity index (χ4v) is 6.21. The normalized spacial score (nSPS) is 12.0. The van der Waals surface area contributed by atoms with Crippen LogP contribution in [0.15, 0.2) is 91.1 Å². The van der Waals surface area contributed by atoms with Crippen LogP contribution in [0.25, 0.3) is 27.9 Å². The Kier molecular flexibility index (Phi) is 9.57. The van der Waals surface area contributed by atoms with Crippen molar-refractivity contribution >= 4 is 27.4 Å². The summed E-state index contributed by atoms with van der Waals surface area (Å²) in [6.07, 6.45) is 2.76. The lowest BCUT2D eigenvalue weighted by atomic mass is 9.93. The number of benzene rings is 3. The monoisotopic (exact) mass is 657 g/mol. The number of hydrogen-bond acceptors (Lipinski definition) is 6. The fourth-order valence-electron chi connectivity index (χ4n) is 5.43. The SMILES string of the molecule is COCCN(Cc1cn2nc(-c3ccc(F)cc3)c(C(N)=O)c2cc1-c1cccc(C(=O)NC(C)(C)c2ccccc2)c1)S(C)(=O)=O. The zero-order valence-electron chi connectivity index (χ0n) is 26.5. The molecule has 10 nitrogen and oxygen atoms in total. The van der Waals surface area contributed by atoms with Crippen LogP contribution >= 0.6 is 0 Å². The Morgan fingerprint density at radius 1 is 1.00 bits per heavy atom. The maximum absolute atomic E-state index is 13.7. The highest BCUT2D eigenvalue weighted by atomic mass is 32.2. The molecule has 5 rings (SSSR count). The zero-order valence-corrected chi connectivity index (χ0v) is 27.3. The number of sulfonamides is 1. The van der Waals surface area contributed by atoms with Gasteiger partial charge in [0.25, 0.3) is 11.8 Å². The van der Waals surface area contributed by atoms with Gasteiger partial charge in [0.15, 0.2) is 0 Å². The Morgan fingerprint density at radius 2 is 1.70 bits per heavy atom. The first kappa shape index (κ1) is 33.5. The molecular formula is C35H36FN5O5S. The van der Waals surface area contributed by atoms with Gasteiger partial charge in [0.1, 0.15) is 11.5 Å². The van der Waals surface area contributed by atoms with E-state index >= 15 is 0 Å². The molecule has 3 aromatic carbocycles. The first-order valence-electron chi connectivity index (χ1n) is 14.8. The minimum Gasteiger partial charge on any atom is -0.383 e. The lowest BCUT2D eigenvalue weighted by molar-refractivity contribution is 0.0911. The van der Waals surface area contributed by atoms with Crippen LogP contribution < -0.4 is 11.1 Å². The van der Waals surface area contributed by atoms with Gasteiger partial charge in [0, 0.05) is 37.5 Å². The molecule has 2 amide bonds. The molecule has 47 heavy (non-hydrogen) atoms. The van der Waals surface area contributed by atoms with E-state index < -0.39 is 27.3 Å². The highest BCUT2D eigenvalue weighted by Gasteiger charge is 2.26. The van der Waals surface area contributed by atoms with Crippen molar-refractivity contribution in [3.63, 3.8) is 0 Å². The molecular weight excluding hydrogens is 621 g/mol. The number of ether oxygens (including phenoxy) is 1. The van der Waals surface area contributed by atoms with Crippen molar-refractivity contribution in [1.82, 2.24) is 19.2 Å². The second kappa shape index (κ2) is 13.4. The van der Waals surface area contributed by atoms with E-state index in [1.807, 2.05) is 44.2 Å². The van der Waals surface area contributed by atoms with Gasteiger partial charge < -0.3 is 15.8 Å². The molecule has 2 aromatic heterocycles. The summed E-state index contributed by atoms with van der Waals surface area (Å²) >= 11 is 0. The summed E-state index contributed by atoms with van der Waals surface area (Å²) in [6, 6.07) is 23.8. The topological polar surface area (TPSA) is 136 Å². The Bertz CT molecular complexity index is 2040. The minimum atomic E-state index is -3.67. The Morgan fingerprint density at radius 3 is 2.34 bits per heavy atom.